The van der Waals surface area contributed by atoms with Gasteiger partial charge in [-0.25, -0.2) is 9.59 Å². The van der Waals surface area contributed by atoms with Gasteiger partial charge in [0.25, 0.3) is 5.69 Å². The maximum atomic E-state index is 12.5. The Bertz CT molecular complexity index is 748. The highest BCUT2D eigenvalue weighted by Gasteiger charge is 2.26. The summed E-state index contributed by atoms with van der Waals surface area (Å²) in [5.41, 5.74) is -1.28. The molecule has 0 aliphatic heterocycles. The summed E-state index contributed by atoms with van der Waals surface area (Å²) in [5.74, 6) is -0.602. The van der Waals surface area contributed by atoms with Crippen molar-refractivity contribution in [1.82, 2.24) is 4.90 Å². The largest absolute Gasteiger partial charge is 0.456 e. The minimum atomic E-state index is -0.729. The monoisotopic (exact) mass is 410 g/mol. The van der Waals surface area contributed by atoms with Crippen molar-refractivity contribution in [2.24, 2.45) is 0 Å². The van der Waals surface area contributed by atoms with E-state index in [1.54, 1.807) is 41.5 Å². The van der Waals surface area contributed by atoms with Gasteiger partial charge in [0.1, 0.15) is 11.2 Å². The zero-order valence-electron chi connectivity index (χ0n) is 18.1. The SMILES string of the molecule is COCCN(Cc1cc(C(=O)OC(C)(C)C)ccc1[N+](=O)[O-])C(=O)OC(C)(C)C. The van der Waals surface area contributed by atoms with Crippen molar-refractivity contribution in [3.8, 4) is 0 Å². The molecule has 29 heavy (non-hydrogen) atoms. The van der Waals surface area contributed by atoms with Gasteiger partial charge in [-0.1, -0.05) is 0 Å². The summed E-state index contributed by atoms with van der Waals surface area (Å²) in [6.45, 7) is 10.6. The van der Waals surface area contributed by atoms with Gasteiger partial charge in [-0.05, 0) is 53.7 Å². The van der Waals surface area contributed by atoms with Crippen LogP contribution in [0.5, 0.6) is 0 Å². The van der Waals surface area contributed by atoms with Crippen molar-refractivity contribution in [3.63, 3.8) is 0 Å². The van der Waals surface area contributed by atoms with Crippen LogP contribution in [-0.4, -0.2) is 53.3 Å². The molecule has 0 saturated carbocycles. The average molecular weight is 410 g/mol. The minimum absolute atomic E-state index is 0.120. The van der Waals surface area contributed by atoms with E-state index in [0.29, 0.717) is 0 Å². The van der Waals surface area contributed by atoms with Crippen molar-refractivity contribution in [1.29, 1.82) is 0 Å². The molecule has 0 fully saturated rings. The van der Waals surface area contributed by atoms with E-state index in [-0.39, 0.29) is 36.5 Å². The molecule has 0 spiro atoms. The molecule has 1 amide bonds. The minimum Gasteiger partial charge on any atom is -0.456 e. The van der Waals surface area contributed by atoms with E-state index in [1.165, 1.54) is 30.2 Å². The first-order valence-corrected chi connectivity index (χ1v) is 9.21. The highest BCUT2D eigenvalue weighted by molar-refractivity contribution is 5.90. The van der Waals surface area contributed by atoms with Crippen molar-refractivity contribution < 1.29 is 28.7 Å². The number of carbonyl (C=O) groups excluding carboxylic acids is 2. The van der Waals surface area contributed by atoms with Crippen LogP contribution in [0.2, 0.25) is 0 Å². The Morgan fingerprint density at radius 1 is 1.07 bits per heavy atom. The molecule has 1 aromatic rings. The van der Waals surface area contributed by atoms with Crippen molar-refractivity contribution in [3.05, 3.63) is 39.4 Å². The van der Waals surface area contributed by atoms with Gasteiger partial charge in [0.15, 0.2) is 0 Å². The Hall–Kier alpha value is -2.68. The Morgan fingerprint density at radius 3 is 2.14 bits per heavy atom. The fraction of sp³-hybridized carbons (Fsp3) is 0.600. The molecular formula is C20H30N2O7. The van der Waals surface area contributed by atoms with Crippen LogP contribution in [0.1, 0.15) is 57.5 Å². The Morgan fingerprint density at radius 2 is 1.66 bits per heavy atom. The molecule has 0 bridgehead atoms. The lowest BCUT2D eigenvalue weighted by molar-refractivity contribution is -0.385. The second-order valence-electron chi connectivity index (χ2n) is 8.50. The zero-order chi connectivity index (χ0) is 22.4. The van der Waals surface area contributed by atoms with Crippen LogP contribution in [0.4, 0.5) is 10.5 Å². The quantitative estimate of drug-likeness (QED) is 0.380. The summed E-state index contributed by atoms with van der Waals surface area (Å²) < 4.78 is 15.7. The van der Waals surface area contributed by atoms with Gasteiger partial charge >= 0.3 is 12.1 Å². The maximum absolute atomic E-state index is 12.5. The number of nitro groups is 1. The molecule has 0 aromatic heterocycles. The van der Waals surface area contributed by atoms with Gasteiger partial charge in [-0.15, -0.1) is 0 Å². The Labute approximate surface area is 171 Å². The van der Waals surface area contributed by atoms with E-state index in [4.69, 9.17) is 14.2 Å². The second-order valence-corrected chi connectivity index (χ2v) is 8.50. The molecule has 0 saturated heterocycles. The molecule has 1 aromatic carbocycles. The summed E-state index contributed by atoms with van der Waals surface area (Å²) >= 11 is 0. The molecule has 0 heterocycles. The molecule has 1 rings (SSSR count). The number of methoxy groups -OCH3 is 1. The number of nitro benzene ring substituents is 1. The molecule has 162 valence electrons. The number of hydrogen-bond donors (Lipinski definition) is 0. The summed E-state index contributed by atoms with van der Waals surface area (Å²) in [4.78, 5) is 37.1. The van der Waals surface area contributed by atoms with Gasteiger partial charge in [0.2, 0.25) is 0 Å². The standard InChI is InChI=1S/C20H30N2O7/c1-19(2,3)28-17(23)14-8-9-16(22(25)26)15(12-14)13-21(10-11-27-7)18(24)29-20(4,5)6/h8-9,12H,10-11,13H2,1-7H3. The third kappa shape index (κ3) is 8.47. The lowest BCUT2D eigenvalue weighted by atomic mass is 10.1. The number of nitrogens with zero attached hydrogens (tertiary/aromatic N) is 2. The first kappa shape index (κ1) is 24.4. The van der Waals surface area contributed by atoms with Crippen molar-refractivity contribution in [2.45, 2.75) is 59.3 Å². The molecule has 0 atom stereocenters. The van der Waals surface area contributed by atoms with Gasteiger partial charge in [0.05, 0.1) is 29.2 Å². The third-order valence-electron chi connectivity index (χ3n) is 3.49. The second kappa shape index (κ2) is 9.69. The molecular weight excluding hydrogens is 380 g/mol. The summed E-state index contributed by atoms with van der Waals surface area (Å²) in [5, 5.41) is 11.5. The van der Waals surface area contributed by atoms with E-state index in [0.717, 1.165) is 0 Å². The predicted octanol–water partition coefficient (Wildman–Crippen LogP) is 3.93. The first-order chi connectivity index (χ1) is 13.2. The number of amides is 1. The van der Waals surface area contributed by atoms with Gasteiger partial charge < -0.3 is 19.1 Å². The molecule has 0 aliphatic carbocycles. The number of ether oxygens (including phenoxy) is 3. The van der Waals surface area contributed by atoms with Crippen LogP contribution in [0.25, 0.3) is 0 Å². The average Bonchev–Trinajstić information content (AvgIpc) is 2.55. The summed E-state index contributed by atoms with van der Waals surface area (Å²) in [6.07, 6.45) is -0.633. The number of rotatable bonds is 7. The van der Waals surface area contributed by atoms with E-state index >= 15 is 0 Å². The normalized spacial score (nSPS) is 11.7. The van der Waals surface area contributed by atoms with Crippen LogP contribution in [-0.2, 0) is 20.8 Å². The van der Waals surface area contributed by atoms with Crippen LogP contribution < -0.4 is 0 Å². The molecule has 0 N–H and O–H groups in total. The van der Waals surface area contributed by atoms with Crippen LogP contribution in [0, 0.1) is 10.1 Å². The van der Waals surface area contributed by atoms with Crippen LogP contribution in [0.3, 0.4) is 0 Å². The van der Waals surface area contributed by atoms with Gasteiger partial charge in [-0.2, -0.15) is 0 Å². The lowest BCUT2D eigenvalue weighted by Gasteiger charge is -2.27. The maximum Gasteiger partial charge on any atom is 0.410 e. The van der Waals surface area contributed by atoms with E-state index in [2.05, 4.69) is 0 Å². The highest BCUT2D eigenvalue weighted by atomic mass is 16.6. The molecule has 9 nitrogen and oxygen atoms in total. The van der Waals surface area contributed by atoms with E-state index < -0.39 is 28.2 Å². The van der Waals surface area contributed by atoms with Crippen molar-refractivity contribution in [2.75, 3.05) is 20.3 Å². The van der Waals surface area contributed by atoms with Crippen LogP contribution >= 0.6 is 0 Å². The number of hydrogen-bond acceptors (Lipinski definition) is 7. The molecule has 0 unspecified atom stereocenters. The number of benzene rings is 1. The smallest absolute Gasteiger partial charge is 0.410 e. The van der Waals surface area contributed by atoms with Crippen molar-refractivity contribution >= 4 is 17.7 Å². The Balaban J connectivity index is 3.24. The zero-order valence-corrected chi connectivity index (χ0v) is 18.1. The summed E-state index contributed by atoms with van der Waals surface area (Å²) in [6, 6.07) is 3.94. The van der Waals surface area contributed by atoms with E-state index in [9.17, 15) is 19.7 Å². The van der Waals surface area contributed by atoms with Gasteiger partial charge in [-0.3, -0.25) is 10.1 Å². The third-order valence-corrected chi connectivity index (χ3v) is 3.49. The summed E-state index contributed by atoms with van der Waals surface area (Å²) in [7, 11) is 1.48. The van der Waals surface area contributed by atoms with Crippen LogP contribution in [0.15, 0.2) is 18.2 Å². The topological polar surface area (TPSA) is 108 Å². The molecule has 0 aliphatic rings. The number of carbonyl (C=O) groups is 2. The predicted molar refractivity (Wildman–Crippen MR) is 107 cm³/mol. The van der Waals surface area contributed by atoms with E-state index in [1.807, 2.05) is 0 Å². The first-order valence-electron chi connectivity index (χ1n) is 9.21. The molecule has 9 heteroatoms. The Kier molecular flexibility index (Phi) is 8.14. The number of esters is 1. The lowest BCUT2D eigenvalue weighted by Crippen LogP contribution is -2.38. The fourth-order valence-corrected chi connectivity index (χ4v) is 2.32. The van der Waals surface area contributed by atoms with Gasteiger partial charge in [0, 0.05) is 19.7 Å². The molecule has 0 radical (unpaired) electrons. The highest BCUT2D eigenvalue weighted by Crippen LogP contribution is 2.24. The fourth-order valence-electron chi connectivity index (χ4n) is 2.32.